The van der Waals surface area contributed by atoms with E-state index in [9.17, 15) is 0 Å². The highest BCUT2D eigenvalue weighted by molar-refractivity contribution is 5.79. The number of nitrogens with one attached hydrogen (secondary N) is 2. The van der Waals surface area contributed by atoms with E-state index in [2.05, 4.69) is 15.7 Å². The van der Waals surface area contributed by atoms with E-state index in [1.54, 1.807) is 7.11 Å². The van der Waals surface area contributed by atoms with Crippen molar-refractivity contribution in [3.63, 3.8) is 0 Å². The largest absolute Gasteiger partial charge is 0.383 e. The highest BCUT2D eigenvalue weighted by atomic mass is 16.5. The number of ether oxygens (including phenoxy) is 2. The molecule has 6 heteroatoms. The molecule has 0 aliphatic carbocycles. The maximum atomic E-state index is 5.42. The number of aliphatic imine (C=N–C) groups is 1. The zero-order valence-corrected chi connectivity index (χ0v) is 10.7. The first kappa shape index (κ1) is 14.2. The lowest BCUT2D eigenvalue weighted by molar-refractivity contribution is 0.0689. The van der Waals surface area contributed by atoms with E-state index in [4.69, 9.17) is 15.3 Å². The maximum Gasteiger partial charge on any atom is 0.206 e. The van der Waals surface area contributed by atoms with Crippen molar-refractivity contribution < 1.29 is 9.47 Å². The van der Waals surface area contributed by atoms with Gasteiger partial charge in [0.2, 0.25) is 5.96 Å². The van der Waals surface area contributed by atoms with Crippen molar-refractivity contribution in [3.05, 3.63) is 0 Å². The molecule has 1 unspecified atom stereocenters. The lowest BCUT2D eigenvalue weighted by Crippen LogP contribution is -2.47. The van der Waals surface area contributed by atoms with Crippen molar-refractivity contribution in [2.45, 2.75) is 25.8 Å². The van der Waals surface area contributed by atoms with Crippen LogP contribution in [0, 0.1) is 5.92 Å². The van der Waals surface area contributed by atoms with Gasteiger partial charge in [0.25, 0.3) is 0 Å². The fraction of sp³-hybridized carbons (Fsp3) is 0.909. The molecular formula is C11H24N4O2. The minimum Gasteiger partial charge on any atom is -0.383 e. The van der Waals surface area contributed by atoms with Gasteiger partial charge in [-0.05, 0) is 25.7 Å². The molecule has 17 heavy (non-hydrogen) atoms. The first-order chi connectivity index (χ1) is 8.26. The molecule has 1 heterocycles. The van der Waals surface area contributed by atoms with Crippen LogP contribution in [0.3, 0.4) is 0 Å². The van der Waals surface area contributed by atoms with Crippen LogP contribution in [0.5, 0.6) is 0 Å². The van der Waals surface area contributed by atoms with Crippen molar-refractivity contribution in [2.75, 3.05) is 33.5 Å². The molecule has 1 fully saturated rings. The van der Waals surface area contributed by atoms with Gasteiger partial charge in [-0.2, -0.15) is 0 Å². The van der Waals surface area contributed by atoms with Crippen LogP contribution in [-0.4, -0.2) is 45.5 Å². The normalized spacial score (nSPS) is 20.1. The molecule has 1 saturated heterocycles. The van der Waals surface area contributed by atoms with Crippen molar-refractivity contribution in [3.8, 4) is 0 Å². The average Bonchev–Trinajstić information content (AvgIpc) is 2.36. The van der Waals surface area contributed by atoms with Crippen LogP contribution in [0.15, 0.2) is 4.99 Å². The molecule has 0 spiro atoms. The first-order valence-corrected chi connectivity index (χ1v) is 6.10. The van der Waals surface area contributed by atoms with Gasteiger partial charge in [0.05, 0.1) is 6.61 Å². The van der Waals surface area contributed by atoms with Crippen LogP contribution in [-0.2, 0) is 9.47 Å². The summed E-state index contributed by atoms with van der Waals surface area (Å²) in [6, 6.07) is 0.185. The molecule has 0 aromatic rings. The molecule has 100 valence electrons. The molecule has 1 aliphatic heterocycles. The first-order valence-electron chi connectivity index (χ1n) is 6.10. The van der Waals surface area contributed by atoms with Crippen LogP contribution in [0.2, 0.25) is 0 Å². The fourth-order valence-corrected chi connectivity index (χ4v) is 1.81. The number of nitrogens with zero attached hydrogens (tertiary/aromatic N) is 1. The summed E-state index contributed by atoms with van der Waals surface area (Å²) < 4.78 is 10.3. The highest BCUT2D eigenvalue weighted by Crippen LogP contribution is 2.14. The third-order valence-electron chi connectivity index (χ3n) is 2.78. The van der Waals surface area contributed by atoms with Gasteiger partial charge >= 0.3 is 0 Å². The van der Waals surface area contributed by atoms with E-state index in [0.29, 0.717) is 18.5 Å². The minimum atomic E-state index is 0.185. The third-order valence-corrected chi connectivity index (χ3v) is 2.78. The van der Waals surface area contributed by atoms with E-state index in [0.717, 1.165) is 32.6 Å². The monoisotopic (exact) mass is 244 g/mol. The standard InChI is InChI=1S/C11H24N4O2/c1-9(8-16-2)14-11(15-12)13-7-10-3-5-17-6-4-10/h9-10H,3-8,12H2,1-2H3,(H2,13,14,15). The lowest BCUT2D eigenvalue weighted by atomic mass is 10.0. The second-order valence-electron chi connectivity index (χ2n) is 4.39. The molecule has 0 aromatic carbocycles. The minimum absolute atomic E-state index is 0.185. The third kappa shape index (κ3) is 5.86. The van der Waals surface area contributed by atoms with Gasteiger partial charge in [-0.1, -0.05) is 0 Å². The van der Waals surface area contributed by atoms with Crippen LogP contribution in [0.1, 0.15) is 19.8 Å². The van der Waals surface area contributed by atoms with E-state index >= 15 is 0 Å². The Bertz CT molecular complexity index is 230. The van der Waals surface area contributed by atoms with Crippen molar-refractivity contribution in [1.82, 2.24) is 10.7 Å². The van der Waals surface area contributed by atoms with E-state index in [1.807, 2.05) is 6.92 Å². The van der Waals surface area contributed by atoms with Gasteiger partial charge in [0.1, 0.15) is 0 Å². The molecule has 0 amide bonds. The summed E-state index contributed by atoms with van der Waals surface area (Å²) in [5.41, 5.74) is 2.58. The maximum absolute atomic E-state index is 5.42. The molecule has 1 rings (SSSR count). The van der Waals surface area contributed by atoms with E-state index in [1.165, 1.54) is 0 Å². The van der Waals surface area contributed by atoms with Crippen molar-refractivity contribution in [2.24, 2.45) is 16.8 Å². The Morgan fingerprint density at radius 1 is 1.53 bits per heavy atom. The van der Waals surface area contributed by atoms with Gasteiger partial charge in [0.15, 0.2) is 0 Å². The number of methoxy groups -OCH3 is 1. The number of nitrogens with two attached hydrogens (primary N) is 1. The quantitative estimate of drug-likeness (QED) is 0.271. The number of rotatable bonds is 5. The second kappa shape index (κ2) is 8.27. The number of guanidine groups is 1. The summed E-state index contributed by atoms with van der Waals surface area (Å²) in [5, 5.41) is 3.16. The topological polar surface area (TPSA) is 80.9 Å². The molecular weight excluding hydrogens is 220 g/mol. The Hall–Kier alpha value is -0.850. The Morgan fingerprint density at radius 3 is 2.82 bits per heavy atom. The summed E-state index contributed by atoms with van der Waals surface area (Å²) >= 11 is 0. The molecule has 4 N–H and O–H groups in total. The Kier molecular flexibility index (Phi) is 6.91. The van der Waals surface area contributed by atoms with Gasteiger partial charge in [-0.15, -0.1) is 0 Å². The van der Waals surface area contributed by atoms with E-state index < -0.39 is 0 Å². The second-order valence-corrected chi connectivity index (χ2v) is 4.39. The molecule has 0 aromatic heterocycles. The summed E-state index contributed by atoms with van der Waals surface area (Å²) in [7, 11) is 1.67. The Labute approximate surface area is 103 Å². The summed E-state index contributed by atoms with van der Waals surface area (Å²) in [6.45, 7) is 5.12. The molecule has 6 nitrogen and oxygen atoms in total. The summed E-state index contributed by atoms with van der Waals surface area (Å²) in [6.07, 6.45) is 2.16. The Balaban J connectivity index is 2.31. The summed E-state index contributed by atoms with van der Waals surface area (Å²) in [4.78, 5) is 4.45. The van der Waals surface area contributed by atoms with Gasteiger partial charge in [0, 0.05) is 32.9 Å². The number of hydrazine groups is 1. The average molecular weight is 244 g/mol. The van der Waals surface area contributed by atoms with Crippen molar-refractivity contribution in [1.29, 1.82) is 0 Å². The molecule has 0 radical (unpaired) electrons. The van der Waals surface area contributed by atoms with Crippen molar-refractivity contribution >= 4 is 5.96 Å². The van der Waals surface area contributed by atoms with Gasteiger partial charge < -0.3 is 14.8 Å². The Morgan fingerprint density at radius 2 is 2.24 bits per heavy atom. The lowest BCUT2D eigenvalue weighted by Gasteiger charge is -2.21. The fourth-order valence-electron chi connectivity index (χ4n) is 1.81. The molecule has 1 aliphatic rings. The van der Waals surface area contributed by atoms with E-state index in [-0.39, 0.29) is 6.04 Å². The number of hydrogen-bond donors (Lipinski definition) is 3. The smallest absolute Gasteiger partial charge is 0.206 e. The zero-order chi connectivity index (χ0) is 12.5. The molecule has 0 saturated carbocycles. The number of hydrogen-bond acceptors (Lipinski definition) is 4. The van der Waals surface area contributed by atoms with Gasteiger partial charge in [-0.3, -0.25) is 10.4 Å². The van der Waals surface area contributed by atoms with Crippen LogP contribution < -0.4 is 16.6 Å². The predicted octanol–water partition coefficient (Wildman–Crippen LogP) is -0.143. The predicted molar refractivity (Wildman–Crippen MR) is 67.6 cm³/mol. The van der Waals surface area contributed by atoms with Crippen LogP contribution in [0.25, 0.3) is 0 Å². The highest BCUT2D eigenvalue weighted by Gasteiger charge is 2.13. The van der Waals surface area contributed by atoms with Crippen LogP contribution >= 0.6 is 0 Å². The molecule has 1 atom stereocenters. The van der Waals surface area contributed by atoms with Crippen LogP contribution in [0.4, 0.5) is 0 Å². The zero-order valence-electron chi connectivity index (χ0n) is 10.7. The SMILES string of the molecule is COCC(C)NC(=NCC1CCOCC1)NN. The summed E-state index contributed by atoms with van der Waals surface area (Å²) in [5.74, 6) is 6.65. The van der Waals surface area contributed by atoms with Gasteiger partial charge in [-0.25, -0.2) is 5.84 Å². The molecule has 0 bridgehead atoms.